The van der Waals surface area contributed by atoms with Crippen molar-refractivity contribution in [3.63, 3.8) is 0 Å². The monoisotopic (exact) mass is 281 g/mol. The number of aromatic nitrogens is 2. The van der Waals surface area contributed by atoms with Gasteiger partial charge in [-0.2, -0.15) is 5.10 Å². The Bertz CT molecular complexity index is 467. The fraction of sp³-hybridized carbons (Fsp3) is 0.333. The van der Waals surface area contributed by atoms with Gasteiger partial charge in [0.15, 0.2) is 0 Å². The Hall–Kier alpha value is -1.27. The highest BCUT2D eigenvalue weighted by atomic mass is 32.2. The fourth-order valence-electron chi connectivity index (χ4n) is 1.50. The lowest BCUT2D eigenvalue weighted by atomic mass is 10.2. The molecule has 0 saturated carbocycles. The van der Waals surface area contributed by atoms with Crippen LogP contribution in [0.4, 0.5) is 0 Å². The van der Waals surface area contributed by atoms with Gasteiger partial charge < -0.3 is 5.32 Å². The summed E-state index contributed by atoms with van der Waals surface area (Å²) in [4.78, 5) is 13.0. The van der Waals surface area contributed by atoms with Crippen LogP contribution in [0.5, 0.6) is 0 Å². The Morgan fingerprint density at radius 3 is 3.22 bits per heavy atom. The van der Waals surface area contributed by atoms with E-state index >= 15 is 0 Å². The van der Waals surface area contributed by atoms with Crippen molar-refractivity contribution in [1.82, 2.24) is 15.5 Å². The minimum atomic E-state index is -0.00131. The Morgan fingerprint density at radius 1 is 1.67 bits per heavy atom. The molecule has 1 atom stereocenters. The molecule has 0 aliphatic heterocycles. The topological polar surface area (TPSA) is 57.8 Å². The number of hydrogen-bond donors (Lipinski definition) is 2. The highest BCUT2D eigenvalue weighted by Crippen LogP contribution is 2.17. The fourth-order valence-corrected chi connectivity index (χ4v) is 3.18. The molecule has 0 radical (unpaired) electrons. The normalized spacial score (nSPS) is 12.3. The first kappa shape index (κ1) is 13.2. The van der Waals surface area contributed by atoms with Gasteiger partial charge in [-0.15, -0.1) is 23.1 Å². The number of H-pyrrole nitrogens is 1. The second kappa shape index (κ2) is 6.61. The summed E-state index contributed by atoms with van der Waals surface area (Å²) in [5, 5.41) is 11.6. The van der Waals surface area contributed by atoms with Crippen LogP contribution in [0.25, 0.3) is 0 Å². The van der Waals surface area contributed by atoms with Gasteiger partial charge in [0.1, 0.15) is 0 Å². The molecule has 96 valence electrons. The average Bonchev–Trinajstić information content (AvgIpc) is 3.02. The maximum atomic E-state index is 11.7. The van der Waals surface area contributed by atoms with E-state index in [-0.39, 0.29) is 11.9 Å². The lowest BCUT2D eigenvalue weighted by Gasteiger charge is -2.11. The molecule has 2 N–H and O–H groups in total. The molecule has 1 unspecified atom stereocenters. The number of nitrogens with zero attached hydrogens (tertiary/aromatic N) is 1. The zero-order chi connectivity index (χ0) is 12.8. The minimum absolute atomic E-state index is 0.00131. The van der Waals surface area contributed by atoms with Crippen LogP contribution in [0.3, 0.4) is 0 Å². The second-order valence-electron chi connectivity index (χ2n) is 3.89. The van der Waals surface area contributed by atoms with Crippen molar-refractivity contribution in [2.75, 3.05) is 5.75 Å². The van der Waals surface area contributed by atoms with Crippen LogP contribution in [0.1, 0.15) is 23.4 Å². The number of nitrogens with one attached hydrogen (secondary N) is 2. The summed E-state index contributed by atoms with van der Waals surface area (Å²) in [6.07, 6.45) is 3.52. The van der Waals surface area contributed by atoms with Crippen LogP contribution in [-0.4, -0.2) is 21.9 Å². The molecule has 0 aliphatic carbocycles. The molecular formula is C12H15N3OS2. The number of thioether (sulfide) groups is 1. The number of thiophene rings is 1. The summed E-state index contributed by atoms with van der Waals surface area (Å²) in [7, 11) is 0. The molecule has 6 heteroatoms. The van der Waals surface area contributed by atoms with E-state index in [9.17, 15) is 4.79 Å². The molecule has 0 saturated heterocycles. The molecular weight excluding hydrogens is 266 g/mol. The molecule has 18 heavy (non-hydrogen) atoms. The minimum Gasteiger partial charge on any atom is -0.349 e. The molecule has 0 fully saturated rings. The van der Waals surface area contributed by atoms with Gasteiger partial charge >= 0.3 is 0 Å². The predicted octanol–water partition coefficient (Wildman–Crippen LogP) is 2.58. The molecule has 2 heterocycles. The largest absolute Gasteiger partial charge is 0.349 e. The van der Waals surface area contributed by atoms with Gasteiger partial charge in [-0.3, -0.25) is 9.89 Å². The number of aromatic amines is 1. The van der Waals surface area contributed by atoms with E-state index in [0.717, 1.165) is 11.3 Å². The third-order valence-corrected chi connectivity index (χ3v) is 4.50. The Balaban J connectivity index is 1.69. The summed E-state index contributed by atoms with van der Waals surface area (Å²) in [6, 6.07) is 4.12. The van der Waals surface area contributed by atoms with Crippen LogP contribution in [0.2, 0.25) is 0 Å². The van der Waals surface area contributed by atoms with E-state index in [2.05, 4.69) is 27.0 Å². The van der Waals surface area contributed by atoms with Gasteiger partial charge in [0.05, 0.1) is 18.0 Å². The van der Waals surface area contributed by atoms with Crippen molar-refractivity contribution in [2.24, 2.45) is 0 Å². The molecule has 2 aromatic rings. The van der Waals surface area contributed by atoms with Crippen LogP contribution in [0.15, 0.2) is 29.9 Å². The average molecular weight is 281 g/mol. The molecule has 1 amide bonds. The van der Waals surface area contributed by atoms with Crippen LogP contribution >= 0.6 is 23.1 Å². The summed E-state index contributed by atoms with van der Waals surface area (Å²) < 4.78 is 0. The molecule has 0 aliphatic rings. The van der Waals surface area contributed by atoms with Crippen molar-refractivity contribution in [3.05, 3.63) is 40.3 Å². The maximum absolute atomic E-state index is 11.7. The zero-order valence-electron chi connectivity index (χ0n) is 10.1. The van der Waals surface area contributed by atoms with Gasteiger partial charge in [0.25, 0.3) is 0 Å². The highest BCUT2D eigenvalue weighted by Gasteiger charge is 2.10. The van der Waals surface area contributed by atoms with Gasteiger partial charge in [0, 0.05) is 22.4 Å². The number of hydrogen-bond acceptors (Lipinski definition) is 4. The molecule has 2 rings (SSSR count). The van der Waals surface area contributed by atoms with Gasteiger partial charge in [-0.25, -0.2) is 0 Å². The van der Waals surface area contributed by atoms with Crippen molar-refractivity contribution in [3.8, 4) is 0 Å². The van der Waals surface area contributed by atoms with E-state index in [4.69, 9.17) is 0 Å². The quantitative estimate of drug-likeness (QED) is 0.855. The van der Waals surface area contributed by atoms with E-state index < -0.39 is 0 Å². The van der Waals surface area contributed by atoms with Crippen molar-refractivity contribution in [2.45, 2.75) is 18.7 Å². The highest BCUT2D eigenvalue weighted by molar-refractivity contribution is 7.99. The van der Waals surface area contributed by atoms with Crippen LogP contribution in [-0.2, 0) is 10.5 Å². The first-order chi connectivity index (χ1) is 8.75. The standard InChI is InChI=1S/C12H15N3OS2/c1-9(10-5-13-14-6-10)15-12(16)8-17-7-11-3-2-4-18-11/h2-6,9H,7-8H2,1H3,(H,13,14)(H,15,16). The molecule has 4 nitrogen and oxygen atoms in total. The molecule has 0 bridgehead atoms. The molecule has 0 spiro atoms. The lowest BCUT2D eigenvalue weighted by molar-refractivity contribution is -0.119. The molecule has 2 aromatic heterocycles. The van der Waals surface area contributed by atoms with Crippen molar-refractivity contribution >= 4 is 29.0 Å². The van der Waals surface area contributed by atoms with E-state index in [1.165, 1.54) is 4.88 Å². The Kier molecular flexibility index (Phi) is 4.83. The van der Waals surface area contributed by atoms with Crippen molar-refractivity contribution in [1.29, 1.82) is 0 Å². The van der Waals surface area contributed by atoms with E-state index in [0.29, 0.717) is 5.75 Å². The summed E-state index contributed by atoms with van der Waals surface area (Å²) in [5.41, 5.74) is 0.992. The number of amides is 1. The van der Waals surface area contributed by atoms with E-state index in [1.807, 2.05) is 13.0 Å². The lowest BCUT2D eigenvalue weighted by Crippen LogP contribution is -2.28. The second-order valence-corrected chi connectivity index (χ2v) is 5.91. The summed E-state index contributed by atoms with van der Waals surface area (Å²) in [6.45, 7) is 1.95. The Morgan fingerprint density at radius 2 is 2.56 bits per heavy atom. The summed E-state index contributed by atoms with van der Waals surface area (Å²) >= 11 is 3.35. The first-order valence-electron chi connectivity index (χ1n) is 5.64. The van der Waals surface area contributed by atoms with E-state index in [1.54, 1.807) is 35.5 Å². The van der Waals surface area contributed by atoms with Gasteiger partial charge in [0.2, 0.25) is 5.91 Å². The van der Waals surface area contributed by atoms with Gasteiger partial charge in [-0.05, 0) is 18.4 Å². The third kappa shape index (κ3) is 3.89. The molecule has 0 aromatic carbocycles. The number of rotatable bonds is 6. The smallest absolute Gasteiger partial charge is 0.230 e. The van der Waals surface area contributed by atoms with Crippen molar-refractivity contribution < 1.29 is 4.79 Å². The van der Waals surface area contributed by atoms with Gasteiger partial charge in [-0.1, -0.05) is 6.07 Å². The van der Waals surface area contributed by atoms with Crippen LogP contribution in [0, 0.1) is 0 Å². The third-order valence-electron chi connectivity index (χ3n) is 2.45. The SMILES string of the molecule is CC(NC(=O)CSCc1cccs1)c1cn[nH]c1. The Labute approximate surface area is 114 Å². The maximum Gasteiger partial charge on any atom is 0.230 e. The van der Waals surface area contributed by atoms with Crippen LogP contribution < -0.4 is 5.32 Å². The predicted molar refractivity (Wildman–Crippen MR) is 75.6 cm³/mol. The first-order valence-corrected chi connectivity index (χ1v) is 7.67. The zero-order valence-corrected chi connectivity index (χ0v) is 11.7. The summed E-state index contributed by atoms with van der Waals surface area (Å²) in [5.74, 6) is 1.44. The number of carbonyl (C=O) groups excluding carboxylic acids is 1. The number of carbonyl (C=O) groups is 1.